The van der Waals surface area contributed by atoms with Gasteiger partial charge in [0, 0.05) is 11.1 Å². The molecule has 4 rings (SSSR count). The molecule has 0 unspecified atom stereocenters. The van der Waals surface area contributed by atoms with Crippen LogP contribution in [0.4, 0.5) is 10.1 Å². The van der Waals surface area contributed by atoms with Gasteiger partial charge < -0.3 is 5.32 Å². The minimum Gasteiger partial charge on any atom is -0.320 e. The molecule has 6 nitrogen and oxygen atoms in total. The van der Waals surface area contributed by atoms with Crippen LogP contribution in [0.2, 0.25) is 0 Å². The summed E-state index contributed by atoms with van der Waals surface area (Å²) in [5, 5.41) is 12.0. The van der Waals surface area contributed by atoms with Crippen LogP contribution in [0.5, 0.6) is 0 Å². The quantitative estimate of drug-likeness (QED) is 0.518. The van der Waals surface area contributed by atoms with Crippen LogP contribution in [-0.4, -0.2) is 25.9 Å². The molecule has 2 heterocycles. The molecule has 0 radical (unpaired) electrons. The Balaban J connectivity index is 1.61. The molecule has 0 aliphatic heterocycles. The van der Waals surface area contributed by atoms with E-state index in [4.69, 9.17) is 0 Å². The number of carbonyl (C=O) groups excluding carboxylic acids is 1. The van der Waals surface area contributed by atoms with Crippen LogP contribution in [0.25, 0.3) is 10.9 Å². The van der Waals surface area contributed by atoms with Gasteiger partial charge >= 0.3 is 0 Å². The third kappa shape index (κ3) is 3.78. The molecule has 1 atom stereocenters. The van der Waals surface area contributed by atoms with Gasteiger partial charge in [-0.15, -0.1) is 5.10 Å². The molecule has 0 fully saturated rings. The van der Waals surface area contributed by atoms with Gasteiger partial charge in [0.05, 0.1) is 23.4 Å². The van der Waals surface area contributed by atoms with Gasteiger partial charge in [-0.25, -0.2) is 9.07 Å². The lowest BCUT2D eigenvalue weighted by Gasteiger charge is -2.15. The lowest BCUT2D eigenvalue weighted by atomic mass is 10.0. The van der Waals surface area contributed by atoms with E-state index in [-0.39, 0.29) is 23.5 Å². The summed E-state index contributed by atoms with van der Waals surface area (Å²) in [6.07, 6.45) is 2.35. The number of pyridine rings is 1. The van der Waals surface area contributed by atoms with E-state index < -0.39 is 0 Å². The smallest absolute Gasteiger partial charge is 0.277 e. The summed E-state index contributed by atoms with van der Waals surface area (Å²) in [4.78, 5) is 17.4. The van der Waals surface area contributed by atoms with E-state index in [1.165, 1.54) is 12.1 Å². The average molecular weight is 403 g/mol. The molecule has 0 spiro atoms. The number of nitrogens with zero attached hydrogens (tertiary/aromatic N) is 4. The van der Waals surface area contributed by atoms with Crippen molar-refractivity contribution in [2.45, 2.75) is 33.2 Å². The van der Waals surface area contributed by atoms with E-state index in [9.17, 15) is 9.18 Å². The van der Waals surface area contributed by atoms with Crippen molar-refractivity contribution >= 4 is 22.5 Å². The minimum atomic E-state index is -0.341. The number of fused-ring (bicyclic) bond motifs is 1. The maximum absolute atomic E-state index is 13.2. The predicted molar refractivity (Wildman–Crippen MR) is 114 cm³/mol. The predicted octanol–water partition coefficient (Wildman–Crippen LogP) is 4.83. The van der Waals surface area contributed by atoms with Gasteiger partial charge in [0.1, 0.15) is 5.82 Å². The van der Waals surface area contributed by atoms with Crippen LogP contribution in [0.15, 0.2) is 54.7 Å². The Labute approximate surface area is 173 Å². The number of hydrogen-bond acceptors (Lipinski definition) is 4. The molecule has 0 bridgehead atoms. The molecule has 0 saturated carbocycles. The summed E-state index contributed by atoms with van der Waals surface area (Å²) in [6, 6.07) is 13.9. The first-order valence-corrected chi connectivity index (χ1v) is 9.82. The molecule has 30 heavy (non-hydrogen) atoms. The number of anilines is 1. The number of hydrogen-bond donors (Lipinski definition) is 1. The largest absolute Gasteiger partial charge is 0.320 e. The molecule has 4 aromatic rings. The number of halogens is 1. The first-order valence-electron chi connectivity index (χ1n) is 9.82. The second-order valence-corrected chi connectivity index (χ2v) is 7.29. The van der Waals surface area contributed by atoms with E-state index >= 15 is 0 Å². The summed E-state index contributed by atoms with van der Waals surface area (Å²) >= 11 is 0. The number of carbonyl (C=O) groups is 1. The number of rotatable bonds is 5. The Morgan fingerprint density at radius 3 is 2.60 bits per heavy atom. The normalized spacial score (nSPS) is 12.1. The molecule has 0 aliphatic carbocycles. The Bertz CT molecular complexity index is 1220. The first kappa shape index (κ1) is 19.7. The molecule has 152 valence electrons. The topological polar surface area (TPSA) is 72.7 Å². The number of nitrogens with one attached hydrogen (secondary N) is 1. The second kappa shape index (κ2) is 8.02. The van der Waals surface area contributed by atoms with Crippen LogP contribution in [0, 0.1) is 19.7 Å². The molecule has 0 saturated heterocycles. The van der Waals surface area contributed by atoms with Gasteiger partial charge in [0.25, 0.3) is 5.91 Å². The Kier molecular flexibility index (Phi) is 5.27. The van der Waals surface area contributed by atoms with Crippen molar-refractivity contribution in [2.24, 2.45) is 0 Å². The van der Waals surface area contributed by atoms with Gasteiger partial charge in [0.15, 0.2) is 5.69 Å². The summed E-state index contributed by atoms with van der Waals surface area (Å²) in [5.74, 6) is -0.631. The van der Waals surface area contributed by atoms with E-state index in [1.807, 2.05) is 45.0 Å². The molecule has 1 N–H and O–H groups in total. The van der Waals surface area contributed by atoms with Crippen molar-refractivity contribution in [3.05, 3.63) is 83.1 Å². The van der Waals surface area contributed by atoms with Crippen molar-refractivity contribution in [1.29, 1.82) is 0 Å². The molecule has 2 aromatic carbocycles. The standard InChI is InChI=1S/C23H22FN5O/c1-4-21(16-7-9-17(24)10-8-16)29-13-20(27-28-29)23(30)26-22-14(2)5-12-19-18(22)11-6-15(3)25-19/h5-13,21H,4H2,1-3H3,(H,26,30)/t21-/m0/s1. The monoisotopic (exact) mass is 403 g/mol. The van der Waals surface area contributed by atoms with Crippen LogP contribution < -0.4 is 5.32 Å². The summed E-state index contributed by atoms with van der Waals surface area (Å²) < 4.78 is 14.9. The Morgan fingerprint density at radius 2 is 1.87 bits per heavy atom. The van der Waals surface area contributed by atoms with Crippen molar-refractivity contribution in [3.8, 4) is 0 Å². The van der Waals surface area contributed by atoms with Crippen LogP contribution in [0.3, 0.4) is 0 Å². The van der Waals surface area contributed by atoms with E-state index in [1.54, 1.807) is 23.0 Å². The second-order valence-electron chi connectivity index (χ2n) is 7.29. The summed E-state index contributed by atoms with van der Waals surface area (Å²) in [7, 11) is 0. The van der Waals surface area contributed by atoms with Crippen molar-refractivity contribution < 1.29 is 9.18 Å². The zero-order chi connectivity index (χ0) is 21.3. The molecule has 7 heteroatoms. The Hall–Kier alpha value is -3.61. The SMILES string of the molecule is CC[C@@H](c1ccc(F)cc1)n1cc(C(=O)Nc2c(C)ccc3nc(C)ccc23)nn1. The third-order valence-electron chi connectivity index (χ3n) is 5.16. The average Bonchev–Trinajstić information content (AvgIpc) is 3.22. The molecule has 2 aromatic heterocycles. The summed E-state index contributed by atoms with van der Waals surface area (Å²) in [5.41, 5.74) is 4.51. The van der Waals surface area contributed by atoms with Crippen molar-refractivity contribution in [1.82, 2.24) is 20.0 Å². The van der Waals surface area contributed by atoms with E-state index in [2.05, 4.69) is 20.6 Å². The molecule has 0 aliphatic rings. The minimum absolute atomic E-state index is 0.133. The van der Waals surface area contributed by atoms with Crippen molar-refractivity contribution in [3.63, 3.8) is 0 Å². The van der Waals surface area contributed by atoms with Gasteiger partial charge in [-0.2, -0.15) is 0 Å². The lowest BCUT2D eigenvalue weighted by molar-refractivity contribution is 0.102. The fourth-order valence-electron chi connectivity index (χ4n) is 3.55. The van der Waals surface area contributed by atoms with Gasteiger partial charge in [0.2, 0.25) is 0 Å². The number of aromatic nitrogens is 4. The highest BCUT2D eigenvalue weighted by molar-refractivity contribution is 6.08. The van der Waals surface area contributed by atoms with Gasteiger partial charge in [-0.3, -0.25) is 9.78 Å². The molecule has 1 amide bonds. The third-order valence-corrected chi connectivity index (χ3v) is 5.16. The van der Waals surface area contributed by atoms with Crippen LogP contribution in [0.1, 0.15) is 46.7 Å². The highest BCUT2D eigenvalue weighted by Gasteiger charge is 2.18. The molecular formula is C23H22FN5O. The van der Waals surface area contributed by atoms with Gasteiger partial charge in [-0.1, -0.05) is 30.3 Å². The number of amides is 1. The fourth-order valence-corrected chi connectivity index (χ4v) is 3.55. The number of benzene rings is 2. The van der Waals surface area contributed by atoms with E-state index in [0.717, 1.165) is 34.1 Å². The van der Waals surface area contributed by atoms with E-state index in [0.29, 0.717) is 5.69 Å². The Morgan fingerprint density at radius 1 is 1.10 bits per heavy atom. The van der Waals surface area contributed by atoms with Crippen LogP contribution >= 0.6 is 0 Å². The highest BCUT2D eigenvalue weighted by Crippen LogP contribution is 2.27. The molecular weight excluding hydrogens is 381 g/mol. The lowest BCUT2D eigenvalue weighted by Crippen LogP contribution is -2.14. The fraction of sp³-hybridized carbons (Fsp3) is 0.217. The zero-order valence-corrected chi connectivity index (χ0v) is 17.1. The van der Waals surface area contributed by atoms with Crippen molar-refractivity contribution in [2.75, 3.05) is 5.32 Å². The summed E-state index contributed by atoms with van der Waals surface area (Å²) in [6.45, 7) is 5.87. The zero-order valence-electron chi connectivity index (χ0n) is 17.1. The maximum Gasteiger partial charge on any atom is 0.277 e. The van der Waals surface area contributed by atoms with Gasteiger partial charge in [-0.05, 0) is 61.7 Å². The first-order chi connectivity index (χ1) is 14.5. The highest BCUT2D eigenvalue weighted by atomic mass is 19.1. The van der Waals surface area contributed by atoms with Crippen LogP contribution in [-0.2, 0) is 0 Å². The maximum atomic E-state index is 13.2. The number of aryl methyl sites for hydroxylation is 2.